The topological polar surface area (TPSA) is 24.5 Å². The Morgan fingerprint density at radius 3 is 2.62 bits per heavy atom. The third-order valence-corrected chi connectivity index (χ3v) is 4.11. The molecule has 2 rings (SSSR count). The highest BCUT2D eigenvalue weighted by atomic mass is 16.5. The number of nitrogens with zero attached hydrogens (tertiary/aromatic N) is 1. The van der Waals surface area contributed by atoms with Crippen LogP contribution in [0, 0.1) is 5.92 Å². The molecule has 0 radical (unpaired) electrons. The number of nitrogens with one attached hydrogen (secondary N) is 1. The molecule has 0 aromatic rings. The molecule has 94 valence electrons. The van der Waals surface area contributed by atoms with Gasteiger partial charge < -0.3 is 10.1 Å². The van der Waals surface area contributed by atoms with Crippen molar-refractivity contribution in [3.05, 3.63) is 0 Å². The fraction of sp³-hybridized carbons (Fsp3) is 1.00. The van der Waals surface area contributed by atoms with Gasteiger partial charge in [0.2, 0.25) is 0 Å². The van der Waals surface area contributed by atoms with Gasteiger partial charge in [0, 0.05) is 45.4 Å². The predicted molar refractivity (Wildman–Crippen MR) is 66.7 cm³/mol. The van der Waals surface area contributed by atoms with Crippen molar-refractivity contribution < 1.29 is 4.74 Å². The first-order valence-corrected chi connectivity index (χ1v) is 6.89. The SMILES string of the molecule is CC(CCC1CCOCC1)N1CCNCC1. The van der Waals surface area contributed by atoms with Gasteiger partial charge in [0.25, 0.3) is 0 Å². The maximum Gasteiger partial charge on any atom is 0.0468 e. The molecule has 2 aliphatic rings. The first-order valence-electron chi connectivity index (χ1n) is 6.89. The molecular weight excluding hydrogens is 200 g/mol. The minimum absolute atomic E-state index is 0.768. The summed E-state index contributed by atoms with van der Waals surface area (Å²) in [5.41, 5.74) is 0. The second-order valence-electron chi connectivity index (χ2n) is 5.27. The Bertz CT molecular complexity index is 186. The van der Waals surface area contributed by atoms with E-state index in [0.717, 1.165) is 25.2 Å². The van der Waals surface area contributed by atoms with Crippen LogP contribution < -0.4 is 5.32 Å². The first kappa shape index (κ1) is 12.3. The zero-order valence-electron chi connectivity index (χ0n) is 10.6. The van der Waals surface area contributed by atoms with Crippen molar-refractivity contribution in [2.45, 2.75) is 38.6 Å². The smallest absolute Gasteiger partial charge is 0.0468 e. The van der Waals surface area contributed by atoms with E-state index >= 15 is 0 Å². The Balaban J connectivity index is 1.63. The molecule has 0 bridgehead atoms. The van der Waals surface area contributed by atoms with Gasteiger partial charge in [-0.2, -0.15) is 0 Å². The molecule has 3 heteroatoms. The van der Waals surface area contributed by atoms with Crippen molar-refractivity contribution in [2.75, 3.05) is 39.4 Å². The lowest BCUT2D eigenvalue weighted by atomic mass is 9.93. The highest BCUT2D eigenvalue weighted by molar-refractivity contribution is 4.75. The van der Waals surface area contributed by atoms with Gasteiger partial charge in [0.15, 0.2) is 0 Å². The molecule has 1 N–H and O–H groups in total. The quantitative estimate of drug-likeness (QED) is 0.786. The largest absolute Gasteiger partial charge is 0.381 e. The maximum atomic E-state index is 5.40. The lowest BCUT2D eigenvalue weighted by molar-refractivity contribution is 0.0596. The molecule has 16 heavy (non-hydrogen) atoms. The summed E-state index contributed by atoms with van der Waals surface area (Å²) in [5, 5.41) is 3.42. The van der Waals surface area contributed by atoms with E-state index in [-0.39, 0.29) is 0 Å². The number of hydrogen-bond acceptors (Lipinski definition) is 3. The summed E-state index contributed by atoms with van der Waals surface area (Å²) < 4.78 is 5.40. The molecule has 0 saturated carbocycles. The van der Waals surface area contributed by atoms with Gasteiger partial charge in [0.05, 0.1) is 0 Å². The zero-order valence-corrected chi connectivity index (χ0v) is 10.6. The van der Waals surface area contributed by atoms with E-state index in [4.69, 9.17) is 4.74 Å². The average molecular weight is 226 g/mol. The summed E-state index contributed by atoms with van der Waals surface area (Å²) in [6.45, 7) is 9.18. The van der Waals surface area contributed by atoms with E-state index in [9.17, 15) is 0 Å². The predicted octanol–water partition coefficient (Wildman–Crippen LogP) is 1.49. The maximum absolute atomic E-state index is 5.40. The Kier molecular flexibility index (Phi) is 5.07. The van der Waals surface area contributed by atoms with Crippen LogP contribution in [0.3, 0.4) is 0 Å². The second-order valence-corrected chi connectivity index (χ2v) is 5.27. The normalized spacial score (nSPS) is 26.8. The monoisotopic (exact) mass is 226 g/mol. The Labute approximate surface area is 99.5 Å². The van der Waals surface area contributed by atoms with Crippen LogP contribution in [0.15, 0.2) is 0 Å². The number of hydrogen-bond donors (Lipinski definition) is 1. The van der Waals surface area contributed by atoms with Crippen molar-refractivity contribution in [1.29, 1.82) is 0 Å². The summed E-state index contributed by atoms with van der Waals surface area (Å²) in [6.07, 6.45) is 5.33. The van der Waals surface area contributed by atoms with Crippen molar-refractivity contribution >= 4 is 0 Å². The fourth-order valence-electron chi connectivity index (χ4n) is 2.82. The van der Waals surface area contributed by atoms with E-state index in [1.165, 1.54) is 51.9 Å². The summed E-state index contributed by atoms with van der Waals surface area (Å²) in [4.78, 5) is 2.63. The van der Waals surface area contributed by atoms with E-state index in [2.05, 4.69) is 17.1 Å². The zero-order chi connectivity index (χ0) is 11.2. The lowest BCUT2D eigenvalue weighted by Gasteiger charge is -2.34. The van der Waals surface area contributed by atoms with Gasteiger partial charge >= 0.3 is 0 Å². The van der Waals surface area contributed by atoms with Gasteiger partial charge in [0.1, 0.15) is 0 Å². The average Bonchev–Trinajstić information content (AvgIpc) is 2.38. The number of rotatable bonds is 4. The molecule has 2 aliphatic heterocycles. The minimum atomic E-state index is 0.768. The van der Waals surface area contributed by atoms with Crippen LogP contribution in [0.5, 0.6) is 0 Å². The van der Waals surface area contributed by atoms with Crippen molar-refractivity contribution in [3.63, 3.8) is 0 Å². The van der Waals surface area contributed by atoms with Crippen LogP contribution in [-0.4, -0.2) is 50.3 Å². The van der Waals surface area contributed by atoms with Crippen LogP contribution in [0.1, 0.15) is 32.6 Å². The number of ether oxygens (including phenoxy) is 1. The number of piperazine rings is 1. The van der Waals surface area contributed by atoms with Gasteiger partial charge in [-0.05, 0) is 38.5 Å². The van der Waals surface area contributed by atoms with Crippen LogP contribution in [-0.2, 0) is 4.74 Å². The van der Waals surface area contributed by atoms with Crippen molar-refractivity contribution in [1.82, 2.24) is 10.2 Å². The first-order chi connectivity index (χ1) is 7.86. The summed E-state index contributed by atoms with van der Waals surface area (Å²) >= 11 is 0. The highest BCUT2D eigenvalue weighted by Gasteiger charge is 2.19. The summed E-state index contributed by atoms with van der Waals surface area (Å²) in [6, 6.07) is 0.768. The Hall–Kier alpha value is -0.120. The van der Waals surface area contributed by atoms with Crippen LogP contribution >= 0.6 is 0 Å². The fourth-order valence-corrected chi connectivity index (χ4v) is 2.82. The summed E-state index contributed by atoms with van der Waals surface area (Å²) in [7, 11) is 0. The highest BCUT2D eigenvalue weighted by Crippen LogP contribution is 2.22. The molecule has 0 spiro atoms. The molecule has 1 unspecified atom stereocenters. The molecule has 0 aliphatic carbocycles. The molecular formula is C13H26N2O. The van der Waals surface area contributed by atoms with Crippen LogP contribution in [0.4, 0.5) is 0 Å². The van der Waals surface area contributed by atoms with E-state index in [1.807, 2.05) is 0 Å². The second kappa shape index (κ2) is 6.58. The van der Waals surface area contributed by atoms with E-state index < -0.39 is 0 Å². The molecule has 0 aromatic heterocycles. The van der Waals surface area contributed by atoms with E-state index in [0.29, 0.717) is 0 Å². The molecule has 0 amide bonds. The minimum Gasteiger partial charge on any atom is -0.381 e. The molecule has 1 atom stereocenters. The Morgan fingerprint density at radius 1 is 1.25 bits per heavy atom. The van der Waals surface area contributed by atoms with Crippen LogP contribution in [0.25, 0.3) is 0 Å². The van der Waals surface area contributed by atoms with Gasteiger partial charge in [-0.1, -0.05) is 0 Å². The molecule has 2 saturated heterocycles. The van der Waals surface area contributed by atoms with Gasteiger partial charge in [-0.3, -0.25) is 4.90 Å². The lowest BCUT2D eigenvalue weighted by Crippen LogP contribution is -2.47. The summed E-state index contributed by atoms with van der Waals surface area (Å²) in [5.74, 6) is 0.930. The van der Waals surface area contributed by atoms with E-state index in [1.54, 1.807) is 0 Å². The Morgan fingerprint density at radius 2 is 1.94 bits per heavy atom. The molecule has 3 nitrogen and oxygen atoms in total. The van der Waals surface area contributed by atoms with Crippen LogP contribution in [0.2, 0.25) is 0 Å². The standard InChI is InChI=1S/C13H26N2O/c1-12(15-8-6-14-7-9-15)2-3-13-4-10-16-11-5-13/h12-14H,2-11H2,1H3. The molecule has 2 heterocycles. The third kappa shape index (κ3) is 3.72. The third-order valence-electron chi connectivity index (χ3n) is 4.11. The van der Waals surface area contributed by atoms with Gasteiger partial charge in [-0.25, -0.2) is 0 Å². The van der Waals surface area contributed by atoms with Crippen molar-refractivity contribution in [3.8, 4) is 0 Å². The molecule has 0 aromatic carbocycles. The van der Waals surface area contributed by atoms with Gasteiger partial charge in [-0.15, -0.1) is 0 Å². The van der Waals surface area contributed by atoms with Crippen molar-refractivity contribution in [2.24, 2.45) is 5.92 Å². The molecule has 2 fully saturated rings.